The van der Waals surface area contributed by atoms with E-state index in [4.69, 9.17) is 15.0 Å². The molecule has 0 radical (unpaired) electrons. The van der Waals surface area contributed by atoms with Gasteiger partial charge >= 0.3 is 69.5 Å². The van der Waals surface area contributed by atoms with Crippen LogP contribution in [0, 0.1) is 0 Å². The molecule has 3 nitrogen and oxygen atoms in total. The summed E-state index contributed by atoms with van der Waals surface area (Å²) in [6, 6.07) is 0. The summed E-state index contributed by atoms with van der Waals surface area (Å²) in [6.45, 7) is 9.69. The Labute approximate surface area is 110 Å². The molecule has 0 aliphatic heterocycles. The third kappa shape index (κ3) is 37.0. The van der Waals surface area contributed by atoms with Crippen LogP contribution in [-0.2, 0) is 4.79 Å². The fraction of sp³-hybridized carbons (Fsp3) is 0.750. The Hall–Kier alpha value is -0.0313. The molecule has 0 unspecified atom stereocenters. The standard InChI is InChI=1S/2C4H9.C2H4O3.C2H4.Sn/c2*1-3-4-2;3-1-2(4)5;1-2;/h2*1,3-4H2,2H3;3H,1H2,(H,4,5);1-2H2;/q;;;;+2/p-1. The van der Waals surface area contributed by atoms with Gasteiger partial charge in [0.15, 0.2) is 0 Å². The van der Waals surface area contributed by atoms with Gasteiger partial charge in [0, 0.05) is 0 Å². The van der Waals surface area contributed by atoms with Crippen LogP contribution in [0.25, 0.3) is 0 Å². The van der Waals surface area contributed by atoms with Gasteiger partial charge in [0.1, 0.15) is 0 Å². The van der Waals surface area contributed by atoms with Gasteiger partial charge in [0.25, 0.3) is 0 Å². The monoisotopic (exact) mass is 337 g/mol. The number of aliphatic hydroxyl groups excluding tert-OH is 1. The number of carboxylic acid groups (broad SMARTS) is 1. The second kappa shape index (κ2) is 24.3. The van der Waals surface area contributed by atoms with E-state index in [9.17, 15) is 0 Å². The van der Waals surface area contributed by atoms with E-state index in [1.165, 1.54) is 25.7 Å². The van der Waals surface area contributed by atoms with E-state index in [0.29, 0.717) is 0 Å². The molecule has 0 saturated carbocycles. The normalized spacial score (nSPS) is 7.69. The van der Waals surface area contributed by atoms with E-state index in [2.05, 4.69) is 27.0 Å². The van der Waals surface area contributed by atoms with Gasteiger partial charge in [-0.15, -0.1) is 13.2 Å². The van der Waals surface area contributed by atoms with Gasteiger partial charge in [-0.2, -0.15) is 0 Å². The molecule has 0 aromatic rings. The molecule has 0 saturated heterocycles. The number of rotatable bonds is 7. The van der Waals surface area contributed by atoms with Crippen LogP contribution in [0.5, 0.6) is 0 Å². The van der Waals surface area contributed by atoms with E-state index in [-0.39, 0.29) is 21.1 Å². The van der Waals surface area contributed by atoms with Gasteiger partial charge in [-0.3, -0.25) is 0 Å². The zero-order valence-corrected chi connectivity index (χ0v) is 13.5. The maximum Gasteiger partial charge on any atom is 0.0826 e. The van der Waals surface area contributed by atoms with Gasteiger partial charge in [0.2, 0.25) is 0 Å². The summed E-state index contributed by atoms with van der Waals surface area (Å²) >= 11 is 0.149. The molecule has 94 valence electrons. The average molecular weight is 336 g/mol. The van der Waals surface area contributed by atoms with Gasteiger partial charge < -0.3 is 15.0 Å². The number of carbonyl (C=O) groups excluding carboxylic acids is 1. The summed E-state index contributed by atoms with van der Waals surface area (Å²) in [5.74, 6) is -1.44. The second-order valence-corrected chi connectivity index (χ2v) is 7.27. The van der Waals surface area contributed by atoms with Crippen molar-refractivity contribution < 1.29 is 15.0 Å². The van der Waals surface area contributed by atoms with Crippen LogP contribution < -0.4 is 5.11 Å². The summed E-state index contributed by atoms with van der Waals surface area (Å²) in [5.41, 5.74) is 0. The van der Waals surface area contributed by atoms with Crippen molar-refractivity contribution in [1.29, 1.82) is 0 Å². The summed E-state index contributed by atoms with van der Waals surface area (Å²) in [4.78, 5) is 9.01. The number of aliphatic carboxylic acids is 1. The molecule has 0 bridgehead atoms. The molecule has 0 atom stereocenters. The van der Waals surface area contributed by atoms with Crippen LogP contribution in [0.2, 0.25) is 8.87 Å². The van der Waals surface area contributed by atoms with Crippen molar-refractivity contribution in [3.63, 3.8) is 0 Å². The fourth-order valence-electron chi connectivity index (χ4n) is 0.729. The van der Waals surface area contributed by atoms with Crippen molar-refractivity contribution in [3.8, 4) is 0 Å². The van der Waals surface area contributed by atoms with Crippen molar-refractivity contribution in [1.82, 2.24) is 0 Å². The first-order chi connectivity index (χ1) is 7.68. The van der Waals surface area contributed by atoms with Crippen LogP contribution in [-0.4, -0.2) is 38.8 Å². The number of aliphatic hydroxyl groups is 1. The predicted octanol–water partition coefficient (Wildman–Crippen LogP) is 1.66. The maximum absolute atomic E-state index is 9.01. The number of unbranched alkanes of at least 4 members (excludes halogenated alkanes) is 2. The van der Waals surface area contributed by atoms with E-state index in [1.807, 2.05) is 0 Å². The van der Waals surface area contributed by atoms with Crippen LogP contribution in [0.15, 0.2) is 13.2 Å². The number of hydrogen-bond donors (Lipinski definition) is 1. The Bertz CT molecular complexity index is 123. The Balaban J connectivity index is -0.000000205. The summed E-state index contributed by atoms with van der Waals surface area (Å²) in [7, 11) is 0. The Morgan fingerprint density at radius 2 is 1.50 bits per heavy atom. The molecular formula is C12H25O3Sn+. The minimum Gasteiger partial charge on any atom is -0.548 e. The third-order valence-electron chi connectivity index (χ3n) is 1.54. The van der Waals surface area contributed by atoms with Crippen LogP contribution in [0.1, 0.15) is 39.5 Å². The number of carbonyl (C=O) groups is 1. The molecule has 16 heavy (non-hydrogen) atoms. The molecule has 4 heteroatoms. The first-order valence-electron chi connectivity index (χ1n) is 5.70. The smallest absolute Gasteiger partial charge is 0.0826 e. The summed E-state index contributed by atoms with van der Waals surface area (Å²) in [5, 5.41) is 16.5. The molecule has 0 aliphatic rings. The first-order valence-corrected chi connectivity index (χ1v) is 9.74. The maximum atomic E-state index is 9.01. The van der Waals surface area contributed by atoms with E-state index in [1.54, 1.807) is 8.87 Å². The summed E-state index contributed by atoms with van der Waals surface area (Å²) < 4.78 is 3.25. The third-order valence-corrected chi connectivity index (χ3v) is 5.58. The largest absolute Gasteiger partial charge is 0.548 e. The van der Waals surface area contributed by atoms with Crippen LogP contribution in [0.4, 0.5) is 0 Å². The molecule has 1 N–H and O–H groups in total. The summed E-state index contributed by atoms with van der Waals surface area (Å²) in [6.07, 6.45) is 5.84. The molecule has 0 aliphatic carbocycles. The Morgan fingerprint density at radius 1 is 1.19 bits per heavy atom. The van der Waals surface area contributed by atoms with Crippen LogP contribution >= 0.6 is 0 Å². The first kappa shape index (κ1) is 21.3. The minimum absolute atomic E-state index is 0.149. The van der Waals surface area contributed by atoms with Crippen molar-refractivity contribution in [2.75, 3.05) is 6.61 Å². The Morgan fingerprint density at radius 3 is 1.69 bits per heavy atom. The second-order valence-electron chi connectivity index (χ2n) is 2.99. The number of carboxylic acids is 1. The predicted molar refractivity (Wildman–Crippen MR) is 68.5 cm³/mol. The van der Waals surface area contributed by atoms with E-state index >= 15 is 0 Å². The van der Waals surface area contributed by atoms with Crippen LogP contribution in [0.3, 0.4) is 0 Å². The molecule has 0 spiro atoms. The van der Waals surface area contributed by atoms with Crippen molar-refractivity contribution >= 4 is 27.1 Å². The van der Waals surface area contributed by atoms with Gasteiger partial charge in [-0.25, -0.2) is 0 Å². The fourth-order valence-corrected chi connectivity index (χ4v) is 4.89. The van der Waals surface area contributed by atoms with Gasteiger partial charge in [0.05, 0.1) is 12.6 Å². The van der Waals surface area contributed by atoms with Gasteiger partial charge in [-0.05, 0) is 0 Å². The SMILES string of the molecule is C=C.CCC[CH2][Sn+2][CH2]CCC.O=C([O-])CO. The quantitative estimate of drug-likeness (QED) is 0.437. The molecule has 0 heterocycles. The van der Waals surface area contributed by atoms with Gasteiger partial charge in [-0.1, -0.05) is 0 Å². The number of hydrogen-bond acceptors (Lipinski definition) is 3. The molecule has 0 aromatic heterocycles. The molecular weight excluding hydrogens is 311 g/mol. The molecule has 0 fully saturated rings. The van der Waals surface area contributed by atoms with Crippen molar-refractivity contribution in [3.05, 3.63) is 13.2 Å². The minimum atomic E-state index is -1.44. The van der Waals surface area contributed by atoms with Crippen molar-refractivity contribution in [2.45, 2.75) is 48.4 Å². The topological polar surface area (TPSA) is 60.4 Å². The zero-order valence-electron chi connectivity index (χ0n) is 10.6. The average Bonchev–Trinajstić information content (AvgIpc) is 2.32. The van der Waals surface area contributed by atoms with Crippen molar-refractivity contribution in [2.24, 2.45) is 0 Å². The molecule has 0 rings (SSSR count). The molecule has 0 aromatic carbocycles. The Kier molecular flexibility index (Phi) is 32.3. The zero-order chi connectivity index (χ0) is 13.2. The van der Waals surface area contributed by atoms with E-state index in [0.717, 1.165) is 0 Å². The van der Waals surface area contributed by atoms with E-state index < -0.39 is 12.6 Å². The molecule has 0 amide bonds.